The first-order valence-electron chi connectivity index (χ1n) is 6.91. The fourth-order valence-electron chi connectivity index (χ4n) is 2.69. The first-order valence-corrected chi connectivity index (χ1v) is 6.91. The second kappa shape index (κ2) is 5.29. The van der Waals surface area contributed by atoms with Crippen LogP contribution in [0.5, 0.6) is 0 Å². The molecule has 1 aliphatic carbocycles. The van der Waals surface area contributed by atoms with E-state index in [2.05, 4.69) is 0 Å². The van der Waals surface area contributed by atoms with Gasteiger partial charge < -0.3 is 9.64 Å². The average Bonchev–Trinajstić information content (AvgIpc) is 3.25. The zero-order valence-electron chi connectivity index (χ0n) is 10.8. The molecule has 2 fully saturated rings. The molecule has 0 unspecified atom stereocenters. The Morgan fingerprint density at radius 3 is 2.21 bits per heavy atom. The number of ether oxygens (including phenoxy) is 1. The fourth-order valence-corrected chi connectivity index (χ4v) is 2.69. The Morgan fingerprint density at radius 2 is 1.63 bits per heavy atom. The number of hydrogen-bond acceptors (Lipinski definition) is 2. The van der Waals surface area contributed by atoms with E-state index in [1.54, 1.807) is 12.1 Å². The van der Waals surface area contributed by atoms with Gasteiger partial charge in [0.2, 0.25) is 0 Å². The smallest absolute Gasteiger partial charge is 0.254 e. The number of hydrogen-bond donors (Lipinski definition) is 0. The average molecular weight is 263 g/mol. The van der Waals surface area contributed by atoms with Gasteiger partial charge in [0.15, 0.2) is 0 Å². The molecule has 1 aromatic rings. The number of halogens is 1. The molecule has 0 radical (unpaired) electrons. The van der Waals surface area contributed by atoms with Crippen LogP contribution in [0.1, 0.15) is 36.0 Å². The normalized spacial score (nSPS) is 20.3. The molecule has 1 heterocycles. The van der Waals surface area contributed by atoms with Crippen molar-refractivity contribution in [1.29, 1.82) is 0 Å². The van der Waals surface area contributed by atoms with Gasteiger partial charge in [-0.2, -0.15) is 0 Å². The van der Waals surface area contributed by atoms with Crippen LogP contribution in [-0.2, 0) is 4.74 Å². The minimum atomic E-state index is -0.305. The van der Waals surface area contributed by atoms with Gasteiger partial charge in [-0.1, -0.05) is 0 Å². The summed E-state index contributed by atoms with van der Waals surface area (Å²) in [6, 6.07) is 6.50. The molecule has 19 heavy (non-hydrogen) atoms. The molecule has 1 aromatic carbocycles. The maximum Gasteiger partial charge on any atom is 0.254 e. The zero-order chi connectivity index (χ0) is 13.2. The number of carbonyl (C=O) groups excluding carboxylic acids is 1. The summed E-state index contributed by atoms with van der Waals surface area (Å²) in [6.45, 7) is 1.45. The van der Waals surface area contributed by atoms with Crippen molar-refractivity contribution >= 4 is 5.91 Å². The number of carbonyl (C=O) groups is 1. The van der Waals surface area contributed by atoms with Gasteiger partial charge >= 0.3 is 0 Å². The summed E-state index contributed by atoms with van der Waals surface area (Å²) in [4.78, 5) is 14.6. The van der Waals surface area contributed by atoms with Gasteiger partial charge in [0.25, 0.3) is 5.91 Å². The van der Waals surface area contributed by atoms with Gasteiger partial charge in [0.1, 0.15) is 5.82 Å². The predicted octanol–water partition coefficient (Wildman–Crippen LogP) is 2.61. The van der Waals surface area contributed by atoms with Crippen LogP contribution in [0.15, 0.2) is 24.3 Å². The highest BCUT2D eigenvalue weighted by Gasteiger charge is 2.38. The van der Waals surface area contributed by atoms with Crippen LogP contribution in [0, 0.1) is 5.82 Å². The third kappa shape index (κ3) is 2.78. The summed E-state index contributed by atoms with van der Waals surface area (Å²) < 4.78 is 18.3. The highest BCUT2D eigenvalue weighted by atomic mass is 19.1. The molecule has 4 heteroatoms. The van der Waals surface area contributed by atoms with Gasteiger partial charge in [-0.3, -0.25) is 4.79 Å². The molecule has 3 nitrogen and oxygen atoms in total. The number of rotatable bonds is 3. The molecule has 0 bridgehead atoms. The maximum atomic E-state index is 12.9. The number of amides is 1. The van der Waals surface area contributed by atoms with Gasteiger partial charge in [0.05, 0.1) is 0 Å². The molecule has 0 spiro atoms. The molecule has 0 aromatic heterocycles. The molecule has 0 atom stereocenters. The molecule has 1 saturated heterocycles. The summed E-state index contributed by atoms with van der Waals surface area (Å²) in [5.41, 5.74) is 0.583. The molecule has 102 valence electrons. The van der Waals surface area contributed by atoms with E-state index in [9.17, 15) is 9.18 Å². The van der Waals surface area contributed by atoms with Crippen LogP contribution >= 0.6 is 0 Å². The summed E-state index contributed by atoms with van der Waals surface area (Å²) in [7, 11) is 0. The third-order valence-electron chi connectivity index (χ3n) is 3.85. The van der Waals surface area contributed by atoms with Crippen molar-refractivity contribution in [2.24, 2.45) is 0 Å². The second-order valence-corrected chi connectivity index (χ2v) is 5.29. The van der Waals surface area contributed by atoms with Crippen molar-refractivity contribution in [2.45, 2.75) is 37.8 Å². The van der Waals surface area contributed by atoms with Gasteiger partial charge in [-0.05, 0) is 49.9 Å². The first-order chi connectivity index (χ1) is 9.25. The Kier molecular flexibility index (Phi) is 3.51. The van der Waals surface area contributed by atoms with Crippen LogP contribution in [0.2, 0.25) is 0 Å². The Bertz CT molecular complexity index is 450. The van der Waals surface area contributed by atoms with Crippen LogP contribution in [0.3, 0.4) is 0 Å². The Hall–Kier alpha value is -1.42. The quantitative estimate of drug-likeness (QED) is 0.839. The molecule has 1 saturated carbocycles. The van der Waals surface area contributed by atoms with Crippen LogP contribution < -0.4 is 0 Å². The number of benzene rings is 1. The number of nitrogens with zero attached hydrogens (tertiary/aromatic N) is 1. The first kappa shape index (κ1) is 12.6. The predicted molar refractivity (Wildman–Crippen MR) is 69.4 cm³/mol. The van der Waals surface area contributed by atoms with Crippen molar-refractivity contribution in [3.05, 3.63) is 35.6 Å². The molecule has 2 aliphatic rings. The van der Waals surface area contributed by atoms with Crippen molar-refractivity contribution in [3.8, 4) is 0 Å². The Labute approximate surface area is 112 Å². The van der Waals surface area contributed by atoms with Gasteiger partial charge in [0, 0.05) is 30.9 Å². The van der Waals surface area contributed by atoms with E-state index in [4.69, 9.17) is 4.74 Å². The standard InChI is InChI=1S/C15H18FNO2/c16-12-3-1-11(2-4-12)15(18)17(13-5-6-13)14-7-9-19-10-8-14/h1-4,13-14H,5-10H2. The van der Waals surface area contributed by atoms with Crippen LogP contribution in [0.25, 0.3) is 0 Å². The summed E-state index contributed by atoms with van der Waals surface area (Å²) in [5, 5.41) is 0. The highest BCUT2D eigenvalue weighted by Crippen LogP contribution is 2.32. The maximum absolute atomic E-state index is 12.9. The van der Waals surface area contributed by atoms with Crippen LogP contribution in [-0.4, -0.2) is 36.1 Å². The zero-order valence-corrected chi connectivity index (χ0v) is 10.8. The summed E-state index contributed by atoms with van der Waals surface area (Å²) >= 11 is 0. The lowest BCUT2D eigenvalue weighted by Gasteiger charge is -2.34. The minimum absolute atomic E-state index is 0.0365. The lowest BCUT2D eigenvalue weighted by Crippen LogP contribution is -2.44. The second-order valence-electron chi connectivity index (χ2n) is 5.29. The van der Waals surface area contributed by atoms with E-state index in [1.807, 2.05) is 4.90 Å². The third-order valence-corrected chi connectivity index (χ3v) is 3.85. The van der Waals surface area contributed by atoms with Crippen molar-refractivity contribution in [3.63, 3.8) is 0 Å². The van der Waals surface area contributed by atoms with E-state index in [0.29, 0.717) is 11.6 Å². The van der Waals surface area contributed by atoms with Crippen molar-refractivity contribution in [2.75, 3.05) is 13.2 Å². The summed E-state index contributed by atoms with van der Waals surface area (Å²) in [6.07, 6.45) is 3.99. The van der Waals surface area contributed by atoms with Crippen LogP contribution in [0.4, 0.5) is 4.39 Å². The molecule has 1 amide bonds. The van der Waals surface area contributed by atoms with Gasteiger partial charge in [-0.15, -0.1) is 0 Å². The topological polar surface area (TPSA) is 29.5 Å². The van der Waals surface area contributed by atoms with E-state index in [1.165, 1.54) is 12.1 Å². The molecular formula is C15H18FNO2. The van der Waals surface area contributed by atoms with E-state index < -0.39 is 0 Å². The Morgan fingerprint density at radius 1 is 1.05 bits per heavy atom. The lowest BCUT2D eigenvalue weighted by atomic mass is 10.0. The molecule has 1 aliphatic heterocycles. The van der Waals surface area contributed by atoms with Crippen molar-refractivity contribution in [1.82, 2.24) is 4.90 Å². The van der Waals surface area contributed by atoms with E-state index in [-0.39, 0.29) is 17.8 Å². The SMILES string of the molecule is O=C(c1ccc(F)cc1)N(C1CCOCC1)C1CC1. The van der Waals surface area contributed by atoms with E-state index in [0.717, 1.165) is 38.9 Å². The lowest BCUT2D eigenvalue weighted by molar-refractivity contribution is 0.0267. The molecule has 0 N–H and O–H groups in total. The highest BCUT2D eigenvalue weighted by molar-refractivity contribution is 5.94. The monoisotopic (exact) mass is 263 g/mol. The Balaban J connectivity index is 1.79. The fraction of sp³-hybridized carbons (Fsp3) is 0.533. The van der Waals surface area contributed by atoms with Gasteiger partial charge in [-0.25, -0.2) is 4.39 Å². The van der Waals surface area contributed by atoms with Crippen molar-refractivity contribution < 1.29 is 13.9 Å². The summed E-state index contributed by atoms with van der Waals surface area (Å²) in [5.74, 6) is -0.269. The molecule has 3 rings (SSSR count). The molecular weight excluding hydrogens is 245 g/mol. The minimum Gasteiger partial charge on any atom is -0.381 e. The largest absolute Gasteiger partial charge is 0.381 e. The van der Waals surface area contributed by atoms with E-state index >= 15 is 0 Å².